The number of amides is 1. The highest BCUT2D eigenvalue weighted by Gasteiger charge is 2.18. The Hall–Kier alpha value is -3.02. The normalized spacial score (nSPS) is 12.1. The van der Waals surface area contributed by atoms with Crippen molar-refractivity contribution in [2.75, 3.05) is 5.32 Å². The maximum Gasteiger partial charge on any atom is 0.248 e. The number of para-hydroxylation sites is 1. The van der Waals surface area contributed by atoms with E-state index in [-0.39, 0.29) is 17.2 Å². The van der Waals surface area contributed by atoms with Gasteiger partial charge in [-0.25, -0.2) is 4.39 Å². The molecular weight excluding hydrogens is 297 g/mol. The minimum Gasteiger partial charge on any atom is -0.324 e. The van der Waals surface area contributed by atoms with E-state index in [1.165, 1.54) is 35.1 Å². The lowest BCUT2D eigenvalue weighted by Crippen LogP contribution is -2.26. The quantitative estimate of drug-likeness (QED) is 0.809. The first kappa shape index (κ1) is 14.9. The first-order valence-electron chi connectivity index (χ1n) is 7.09. The van der Waals surface area contributed by atoms with Crippen LogP contribution in [0.15, 0.2) is 59.5 Å². The summed E-state index contributed by atoms with van der Waals surface area (Å²) in [5, 5.41) is 7.27. The number of nitrogens with one attached hydrogen (secondary N) is 1. The molecule has 1 heterocycles. The summed E-state index contributed by atoms with van der Waals surface area (Å²) in [6, 6.07) is 11.9. The van der Waals surface area contributed by atoms with Crippen LogP contribution in [0.2, 0.25) is 0 Å². The molecule has 2 aromatic carbocycles. The first-order valence-corrected chi connectivity index (χ1v) is 7.09. The zero-order valence-corrected chi connectivity index (χ0v) is 12.4. The van der Waals surface area contributed by atoms with Gasteiger partial charge in [-0.05, 0) is 43.3 Å². The van der Waals surface area contributed by atoms with Gasteiger partial charge in [-0.15, -0.1) is 0 Å². The summed E-state index contributed by atoms with van der Waals surface area (Å²) < 4.78 is 14.4. The maximum atomic E-state index is 12.9. The number of fused-ring (bicyclic) bond motifs is 1. The largest absolute Gasteiger partial charge is 0.324 e. The van der Waals surface area contributed by atoms with E-state index in [2.05, 4.69) is 10.4 Å². The highest BCUT2D eigenvalue weighted by atomic mass is 19.1. The molecule has 3 rings (SSSR count). The van der Waals surface area contributed by atoms with Gasteiger partial charge in [-0.3, -0.25) is 14.3 Å². The summed E-state index contributed by atoms with van der Waals surface area (Å²) in [7, 11) is 0. The number of hydrogen-bond donors (Lipinski definition) is 1. The molecule has 0 spiro atoms. The topological polar surface area (TPSA) is 64.0 Å². The van der Waals surface area contributed by atoms with Gasteiger partial charge in [-0.1, -0.05) is 12.1 Å². The van der Waals surface area contributed by atoms with Crippen molar-refractivity contribution in [3.05, 3.63) is 70.8 Å². The van der Waals surface area contributed by atoms with Crippen LogP contribution in [0.3, 0.4) is 0 Å². The van der Waals surface area contributed by atoms with E-state index in [1.54, 1.807) is 31.2 Å². The van der Waals surface area contributed by atoms with Crippen LogP contribution in [0.4, 0.5) is 10.1 Å². The van der Waals surface area contributed by atoms with Crippen molar-refractivity contribution >= 4 is 22.5 Å². The Kier molecular flexibility index (Phi) is 3.89. The lowest BCUT2D eigenvalue weighted by atomic mass is 10.2. The molecule has 6 heteroatoms. The van der Waals surface area contributed by atoms with Crippen LogP contribution in [0.25, 0.3) is 10.9 Å². The third-order valence-corrected chi connectivity index (χ3v) is 3.57. The van der Waals surface area contributed by atoms with Crippen molar-refractivity contribution in [3.8, 4) is 0 Å². The number of carbonyl (C=O) groups is 1. The molecule has 1 amide bonds. The van der Waals surface area contributed by atoms with Gasteiger partial charge in [0.1, 0.15) is 11.9 Å². The Labute approximate surface area is 131 Å². The van der Waals surface area contributed by atoms with Crippen LogP contribution in [0.5, 0.6) is 0 Å². The fraction of sp³-hybridized carbons (Fsp3) is 0.118. The number of carbonyl (C=O) groups excluding carboxylic acids is 1. The SMILES string of the molecule is C[C@H](C(=O)Nc1ccc(F)cc1)n1ncc(=O)c2ccccc21. The van der Waals surface area contributed by atoms with Crippen LogP contribution in [0, 0.1) is 5.82 Å². The van der Waals surface area contributed by atoms with Gasteiger partial charge in [-0.2, -0.15) is 5.10 Å². The van der Waals surface area contributed by atoms with Crippen LogP contribution in [0.1, 0.15) is 13.0 Å². The summed E-state index contributed by atoms with van der Waals surface area (Å²) in [6.07, 6.45) is 1.20. The molecule has 1 aromatic heterocycles. The predicted molar refractivity (Wildman–Crippen MR) is 85.7 cm³/mol. The number of aromatic nitrogens is 2. The third-order valence-electron chi connectivity index (χ3n) is 3.57. The average Bonchev–Trinajstić information content (AvgIpc) is 2.57. The highest BCUT2D eigenvalue weighted by molar-refractivity contribution is 5.94. The second-order valence-electron chi connectivity index (χ2n) is 5.14. The molecule has 1 atom stereocenters. The molecule has 0 fully saturated rings. The number of benzene rings is 2. The van der Waals surface area contributed by atoms with Crippen molar-refractivity contribution < 1.29 is 9.18 Å². The summed E-state index contributed by atoms with van der Waals surface area (Å²) in [5.41, 5.74) is 0.887. The molecule has 0 unspecified atom stereocenters. The second kappa shape index (κ2) is 6.00. The van der Waals surface area contributed by atoms with Crippen molar-refractivity contribution in [3.63, 3.8) is 0 Å². The number of halogens is 1. The zero-order chi connectivity index (χ0) is 16.4. The number of rotatable bonds is 3. The van der Waals surface area contributed by atoms with Crippen molar-refractivity contribution in [1.82, 2.24) is 9.78 Å². The smallest absolute Gasteiger partial charge is 0.248 e. The molecule has 0 aliphatic rings. The van der Waals surface area contributed by atoms with E-state index < -0.39 is 6.04 Å². The predicted octanol–water partition coefficient (Wildman–Crippen LogP) is 2.74. The lowest BCUT2D eigenvalue weighted by Gasteiger charge is -2.16. The maximum absolute atomic E-state index is 12.9. The average molecular weight is 311 g/mol. The summed E-state index contributed by atoms with van der Waals surface area (Å²) in [6.45, 7) is 1.68. The molecule has 3 aromatic rings. The number of anilines is 1. The molecule has 23 heavy (non-hydrogen) atoms. The Morgan fingerprint density at radius 3 is 2.61 bits per heavy atom. The Bertz CT molecular complexity index is 919. The van der Waals surface area contributed by atoms with E-state index >= 15 is 0 Å². The molecule has 0 radical (unpaired) electrons. The molecule has 0 aliphatic carbocycles. The van der Waals surface area contributed by atoms with Crippen LogP contribution >= 0.6 is 0 Å². The molecule has 0 saturated heterocycles. The fourth-order valence-corrected chi connectivity index (χ4v) is 2.33. The molecule has 116 valence electrons. The Morgan fingerprint density at radius 2 is 1.87 bits per heavy atom. The van der Waals surface area contributed by atoms with Gasteiger partial charge >= 0.3 is 0 Å². The summed E-state index contributed by atoms with van der Waals surface area (Å²) in [4.78, 5) is 24.2. The molecule has 5 nitrogen and oxygen atoms in total. The Morgan fingerprint density at radius 1 is 1.17 bits per heavy atom. The monoisotopic (exact) mass is 311 g/mol. The lowest BCUT2D eigenvalue weighted by molar-refractivity contribution is -0.119. The second-order valence-corrected chi connectivity index (χ2v) is 5.14. The number of nitrogens with zero attached hydrogens (tertiary/aromatic N) is 2. The van der Waals surface area contributed by atoms with Crippen LogP contribution in [-0.2, 0) is 4.79 Å². The van der Waals surface area contributed by atoms with Gasteiger partial charge in [0.2, 0.25) is 11.3 Å². The fourth-order valence-electron chi connectivity index (χ4n) is 2.33. The molecule has 0 bridgehead atoms. The molecule has 0 aliphatic heterocycles. The minimum absolute atomic E-state index is 0.192. The van der Waals surface area contributed by atoms with E-state index in [1.807, 2.05) is 0 Å². The van der Waals surface area contributed by atoms with Gasteiger partial charge in [0, 0.05) is 11.1 Å². The standard InChI is InChI=1S/C17H14FN3O2/c1-11(17(23)20-13-8-6-12(18)7-9-13)21-15-5-3-2-4-14(15)16(22)10-19-21/h2-11H,1H3,(H,20,23)/t11-/m1/s1. The van der Waals surface area contributed by atoms with E-state index in [4.69, 9.17) is 0 Å². The summed E-state index contributed by atoms with van der Waals surface area (Å²) in [5.74, 6) is -0.679. The zero-order valence-electron chi connectivity index (χ0n) is 12.4. The van der Waals surface area contributed by atoms with Crippen LogP contribution in [-0.4, -0.2) is 15.7 Å². The number of hydrogen-bond acceptors (Lipinski definition) is 3. The van der Waals surface area contributed by atoms with Crippen molar-refractivity contribution in [2.45, 2.75) is 13.0 Å². The van der Waals surface area contributed by atoms with Crippen molar-refractivity contribution in [2.24, 2.45) is 0 Å². The van der Waals surface area contributed by atoms with E-state index in [0.29, 0.717) is 16.6 Å². The summed E-state index contributed by atoms with van der Waals surface area (Å²) >= 11 is 0. The Balaban J connectivity index is 1.92. The van der Waals surface area contributed by atoms with Crippen molar-refractivity contribution in [1.29, 1.82) is 0 Å². The van der Waals surface area contributed by atoms with Gasteiger partial charge < -0.3 is 5.32 Å². The van der Waals surface area contributed by atoms with Gasteiger partial charge in [0.25, 0.3) is 0 Å². The highest BCUT2D eigenvalue weighted by Crippen LogP contribution is 2.16. The first-order chi connectivity index (χ1) is 11.1. The molecule has 1 N–H and O–H groups in total. The van der Waals surface area contributed by atoms with E-state index in [9.17, 15) is 14.0 Å². The molecular formula is C17H14FN3O2. The van der Waals surface area contributed by atoms with Crippen LogP contribution < -0.4 is 10.7 Å². The van der Waals surface area contributed by atoms with Gasteiger partial charge in [0.05, 0.1) is 11.7 Å². The third kappa shape index (κ3) is 2.96. The van der Waals surface area contributed by atoms with Gasteiger partial charge in [0.15, 0.2) is 0 Å². The molecule has 0 saturated carbocycles. The minimum atomic E-state index is -0.634. The van der Waals surface area contributed by atoms with E-state index in [0.717, 1.165) is 0 Å².